The third kappa shape index (κ3) is 3.01. The molecule has 7 heteroatoms. The SMILES string of the molecule is Cc1cc(C)c2c(OCC(=O)N(C)[C@@H]3CCNC3)nn(C)c2n1. The molecule has 1 N–H and O–H groups in total. The van der Waals surface area contributed by atoms with Crippen LogP contribution in [-0.4, -0.2) is 58.4 Å². The fourth-order valence-corrected chi connectivity index (χ4v) is 3.06. The number of nitrogens with zero attached hydrogens (tertiary/aromatic N) is 4. The Morgan fingerprint density at radius 2 is 2.30 bits per heavy atom. The first-order chi connectivity index (χ1) is 11.0. The lowest BCUT2D eigenvalue weighted by molar-refractivity contribution is -0.133. The van der Waals surface area contributed by atoms with E-state index in [0.29, 0.717) is 5.88 Å². The number of hydrogen-bond donors (Lipinski definition) is 1. The number of ether oxygens (including phenoxy) is 1. The molecule has 0 aliphatic carbocycles. The number of pyridine rings is 1. The summed E-state index contributed by atoms with van der Waals surface area (Å²) in [6.07, 6.45) is 0.983. The molecule has 124 valence electrons. The van der Waals surface area contributed by atoms with Crippen LogP contribution in [0.5, 0.6) is 5.88 Å². The largest absolute Gasteiger partial charge is 0.466 e. The molecule has 1 amide bonds. The van der Waals surface area contributed by atoms with Gasteiger partial charge in [0.25, 0.3) is 5.91 Å². The molecule has 1 atom stereocenters. The van der Waals surface area contributed by atoms with Gasteiger partial charge in [-0.05, 0) is 38.4 Å². The molecule has 1 saturated heterocycles. The number of amides is 1. The molecule has 7 nitrogen and oxygen atoms in total. The molecule has 0 spiro atoms. The second-order valence-corrected chi connectivity index (χ2v) is 6.15. The van der Waals surface area contributed by atoms with Gasteiger partial charge in [-0.15, -0.1) is 5.10 Å². The predicted molar refractivity (Wildman–Crippen MR) is 87.5 cm³/mol. The Bertz CT molecular complexity index is 734. The van der Waals surface area contributed by atoms with Gasteiger partial charge in [-0.3, -0.25) is 4.79 Å². The van der Waals surface area contributed by atoms with Gasteiger partial charge in [0, 0.05) is 32.4 Å². The van der Waals surface area contributed by atoms with E-state index in [1.165, 1.54) is 0 Å². The third-order valence-electron chi connectivity index (χ3n) is 4.39. The number of carbonyl (C=O) groups is 1. The van der Waals surface area contributed by atoms with Gasteiger partial charge in [0.1, 0.15) is 0 Å². The number of hydrogen-bond acceptors (Lipinski definition) is 5. The zero-order valence-corrected chi connectivity index (χ0v) is 14.1. The van der Waals surface area contributed by atoms with Crippen molar-refractivity contribution in [3.63, 3.8) is 0 Å². The second kappa shape index (κ2) is 6.16. The molecule has 2 aromatic rings. The normalized spacial score (nSPS) is 17.7. The molecule has 1 aliphatic rings. The summed E-state index contributed by atoms with van der Waals surface area (Å²) >= 11 is 0. The van der Waals surface area contributed by atoms with Crippen LogP contribution in [0.1, 0.15) is 17.7 Å². The minimum Gasteiger partial charge on any atom is -0.466 e. The molecule has 1 fully saturated rings. The van der Waals surface area contributed by atoms with Crippen LogP contribution in [-0.2, 0) is 11.8 Å². The van der Waals surface area contributed by atoms with Crippen LogP contribution in [0.4, 0.5) is 0 Å². The van der Waals surface area contributed by atoms with Crippen LogP contribution in [0.3, 0.4) is 0 Å². The van der Waals surface area contributed by atoms with Gasteiger partial charge in [0.05, 0.1) is 5.39 Å². The molecule has 23 heavy (non-hydrogen) atoms. The number of aromatic nitrogens is 3. The highest BCUT2D eigenvalue weighted by Crippen LogP contribution is 2.27. The standard InChI is InChI=1S/C16H23N5O2/c1-10-7-11(2)18-15-14(10)16(19-21(15)4)23-9-13(22)20(3)12-5-6-17-8-12/h7,12,17H,5-6,8-9H2,1-4H3/t12-/m1/s1. The number of fused-ring (bicyclic) bond motifs is 1. The summed E-state index contributed by atoms with van der Waals surface area (Å²) in [5.74, 6) is 0.439. The van der Waals surface area contributed by atoms with Gasteiger partial charge in [-0.25, -0.2) is 9.67 Å². The van der Waals surface area contributed by atoms with Crippen LogP contribution in [0.15, 0.2) is 6.07 Å². The van der Waals surface area contributed by atoms with Crippen LogP contribution in [0.2, 0.25) is 0 Å². The van der Waals surface area contributed by atoms with Crippen molar-refractivity contribution < 1.29 is 9.53 Å². The van der Waals surface area contributed by atoms with Gasteiger partial charge in [0.15, 0.2) is 12.3 Å². The van der Waals surface area contributed by atoms with Crippen molar-refractivity contribution in [1.29, 1.82) is 0 Å². The number of likely N-dealkylation sites (N-methyl/N-ethyl adjacent to an activating group) is 1. The van der Waals surface area contributed by atoms with E-state index in [1.54, 1.807) is 9.58 Å². The summed E-state index contributed by atoms with van der Waals surface area (Å²) in [6, 6.07) is 2.24. The van der Waals surface area contributed by atoms with Crippen molar-refractivity contribution in [2.75, 3.05) is 26.7 Å². The van der Waals surface area contributed by atoms with Crippen LogP contribution < -0.4 is 10.1 Å². The molecule has 2 aromatic heterocycles. The molecule has 0 unspecified atom stereocenters. The second-order valence-electron chi connectivity index (χ2n) is 6.15. The summed E-state index contributed by atoms with van der Waals surface area (Å²) in [5, 5.41) is 8.50. The molecule has 0 bridgehead atoms. The first-order valence-corrected chi connectivity index (χ1v) is 7.87. The monoisotopic (exact) mass is 317 g/mol. The molecule has 0 saturated carbocycles. The van der Waals surface area contributed by atoms with Crippen molar-refractivity contribution in [3.05, 3.63) is 17.3 Å². The van der Waals surface area contributed by atoms with E-state index in [0.717, 1.165) is 41.8 Å². The summed E-state index contributed by atoms with van der Waals surface area (Å²) in [5.41, 5.74) is 2.77. The maximum absolute atomic E-state index is 12.3. The Balaban J connectivity index is 1.75. The van der Waals surface area contributed by atoms with E-state index in [1.807, 2.05) is 34.0 Å². The molecule has 3 rings (SSSR count). The van der Waals surface area contributed by atoms with Gasteiger partial charge in [-0.1, -0.05) is 0 Å². The highest BCUT2D eigenvalue weighted by Gasteiger charge is 2.24. The average Bonchev–Trinajstić information content (AvgIpc) is 3.13. The molecule has 0 radical (unpaired) electrons. The minimum absolute atomic E-state index is 0.00751. The Morgan fingerprint density at radius 1 is 1.52 bits per heavy atom. The molecule has 3 heterocycles. The van der Waals surface area contributed by atoms with Crippen molar-refractivity contribution in [2.24, 2.45) is 7.05 Å². The Kier molecular flexibility index (Phi) is 4.21. The summed E-state index contributed by atoms with van der Waals surface area (Å²) < 4.78 is 7.41. The third-order valence-corrected chi connectivity index (χ3v) is 4.39. The van der Waals surface area contributed by atoms with Crippen molar-refractivity contribution in [2.45, 2.75) is 26.3 Å². The maximum Gasteiger partial charge on any atom is 0.260 e. The fraction of sp³-hybridized carbons (Fsp3) is 0.562. The van der Waals surface area contributed by atoms with E-state index in [2.05, 4.69) is 15.4 Å². The van der Waals surface area contributed by atoms with Crippen molar-refractivity contribution >= 4 is 16.9 Å². The number of rotatable bonds is 4. The zero-order valence-electron chi connectivity index (χ0n) is 14.1. The van der Waals surface area contributed by atoms with Crippen LogP contribution in [0.25, 0.3) is 11.0 Å². The summed E-state index contributed by atoms with van der Waals surface area (Å²) in [4.78, 5) is 18.6. The van der Waals surface area contributed by atoms with E-state index in [9.17, 15) is 4.79 Å². The van der Waals surface area contributed by atoms with E-state index in [4.69, 9.17) is 4.74 Å². The van der Waals surface area contributed by atoms with Crippen LogP contribution in [0, 0.1) is 13.8 Å². The van der Waals surface area contributed by atoms with Gasteiger partial charge < -0.3 is 15.0 Å². The first kappa shape index (κ1) is 15.7. The smallest absolute Gasteiger partial charge is 0.260 e. The van der Waals surface area contributed by atoms with Gasteiger partial charge in [0.2, 0.25) is 5.88 Å². The fourth-order valence-electron chi connectivity index (χ4n) is 3.06. The molecule has 0 aromatic carbocycles. The van der Waals surface area contributed by atoms with Crippen LogP contribution >= 0.6 is 0 Å². The Labute approximate surface area is 135 Å². The summed E-state index contributed by atoms with van der Waals surface area (Å²) in [7, 11) is 3.66. The first-order valence-electron chi connectivity index (χ1n) is 7.87. The van der Waals surface area contributed by atoms with Gasteiger partial charge >= 0.3 is 0 Å². The van der Waals surface area contributed by atoms with Gasteiger partial charge in [-0.2, -0.15) is 0 Å². The highest BCUT2D eigenvalue weighted by atomic mass is 16.5. The quantitative estimate of drug-likeness (QED) is 0.902. The maximum atomic E-state index is 12.3. The zero-order chi connectivity index (χ0) is 16.6. The van der Waals surface area contributed by atoms with E-state index >= 15 is 0 Å². The van der Waals surface area contributed by atoms with E-state index in [-0.39, 0.29) is 18.6 Å². The highest BCUT2D eigenvalue weighted by molar-refractivity contribution is 5.85. The van der Waals surface area contributed by atoms with E-state index < -0.39 is 0 Å². The number of carbonyl (C=O) groups excluding carboxylic acids is 1. The Hall–Kier alpha value is -2.15. The average molecular weight is 317 g/mol. The summed E-state index contributed by atoms with van der Waals surface area (Å²) in [6.45, 7) is 5.75. The Morgan fingerprint density at radius 3 is 3.00 bits per heavy atom. The lowest BCUT2D eigenvalue weighted by atomic mass is 10.2. The number of nitrogens with one attached hydrogen (secondary N) is 1. The molecule has 1 aliphatic heterocycles. The lowest BCUT2D eigenvalue weighted by Gasteiger charge is -2.23. The lowest BCUT2D eigenvalue weighted by Crippen LogP contribution is -2.40. The minimum atomic E-state index is -0.0322. The molecular weight excluding hydrogens is 294 g/mol. The predicted octanol–water partition coefficient (Wildman–Crippen LogP) is 0.784. The topological polar surface area (TPSA) is 72.3 Å². The number of aryl methyl sites for hydroxylation is 3. The molecular formula is C16H23N5O2. The van der Waals surface area contributed by atoms with Crippen molar-refractivity contribution in [1.82, 2.24) is 25.0 Å². The van der Waals surface area contributed by atoms with Crippen molar-refractivity contribution in [3.8, 4) is 5.88 Å².